The summed E-state index contributed by atoms with van der Waals surface area (Å²) < 4.78 is 10.0. The fraction of sp³-hybridized carbons (Fsp3) is 0.545. The molecule has 0 aliphatic rings. The molecule has 0 bridgehead atoms. The van der Waals surface area contributed by atoms with Crippen LogP contribution in [0.4, 0.5) is 4.79 Å². The molecule has 0 fully saturated rings. The van der Waals surface area contributed by atoms with Crippen molar-refractivity contribution in [3.8, 4) is 0 Å². The van der Waals surface area contributed by atoms with Crippen molar-refractivity contribution < 1.29 is 18.7 Å². The molecule has 1 heterocycles. The third-order valence-electron chi connectivity index (χ3n) is 1.77. The van der Waals surface area contributed by atoms with Gasteiger partial charge in [0, 0.05) is 7.05 Å². The molecule has 0 aliphatic carbocycles. The minimum absolute atomic E-state index is 0.00223. The van der Waals surface area contributed by atoms with Gasteiger partial charge in [-0.1, -0.05) is 0 Å². The molecule has 0 saturated carbocycles. The Kier molecular flexibility index (Phi) is 3.88. The molecular formula is C11H16N2O4. The normalized spacial score (nSPS) is 11.1. The van der Waals surface area contributed by atoms with Crippen molar-refractivity contribution in [1.82, 2.24) is 9.88 Å². The van der Waals surface area contributed by atoms with Crippen molar-refractivity contribution in [3.63, 3.8) is 0 Å². The molecule has 0 unspecified atom stereocenters. The predicted molar refractivity (Wildman–Crippen MR) is 59.6 cm³/mol. The molecule has 17 heavy (non-hydrogen) atoms. The van der Waals surface area contributed by atoms with Crippen LogP contribution in [0.5, 0.6) is 0 Å². The molecule has 1 aromatic heterocycles. The summed E-state index contributed by atoms with van der Waals surface area (Å²) in [5, 5.41) is 0. The Bertz CT molecular complexity index is 406. The first-order valence-corrected chi connectivity index (χ1v) is 5.15. The maximum absolute atomic E-state index is 11.6. The van der Waals surface area contributed by atoms with Gasteiger partial charge < -0.3 is 14.1 Å². The first kappa shape index (κ1) is 13.2. The quantitative estimate of drug-likeness (QED) is 0.754. The van der Waals surface area contributed by atoms with Crippen molar-refractivity contribution >= 4 is 12.4 Å². The third-order valence-corrected chi connectivity index (χ3v) is 1.77. The highest BCUT2D eigenvalue weighted by molar-refractivity contribution is 5.68. The summed E-state index contributed by atoms with van der Waals surface area (Å²) >= 11 is 0. The molecular weight excluding hydrogens is 224 g/mol. The number of carbonyl (C=O) groups is 2. The van der Waals surface area contributed by atoms with E-state index in [9.17, 15) is 9.59 Å². The van der Waals surface area contributed by atoms with E-state index in [0.29, 0.717) is 12.0 Å². The molecule has 0 radical (unpaired) electrons. The predicted octanol–water partition coefficient (Wildman–Crippen LogP) is 1.85. The summed E-state index contributed by atoms with van der Waals surface area (Å²) in [5.74, 6) is -0.00223. The highest BCUT2D eigenvalue weighted by atomic mass is 16.6. The summed E-state index contributed by atoms with van der Waals surface area (Å²) in [6, 6.07) is 0. The molecule has 1 amide bonds. The lowest BCUT2D eigenvalue weighted by Crippen LogP contribution is -2.33. The minimum atomic E-state index is -0.539. The lowest BCUT2D eigenvalue weighted by atomic mass is 10.2. The summed E-state index contributed by atoms with van der Waals surface area (Å²) in [5.41, 5.74) is -0.0381. The van der Waals surface area contributed by atoms with Crippen LogP contribution in [-0.4, -0.2) is 34.9 Å². The Balaban J connectivity index is 2.56. The van der Waals surface area contributed by atoms with Gasteiger partial charge >= 0.3 is 6.09 Å². The SMILES string of the molecule is CN(Cc1coc(C=O)n1)C(=O)OC(C)(C)C. The zero-order valence-corrected chi connectivity index (χ0v) is 10.4. The Labute approximate surface area is 99.6 Å². The fourth-order valence-corrected chi connectivity index (χ4v) is 1.10. The van der Waals surface area contributed by atoms with Gasteiger partial charge in [-0.2, -0.15) is 0 Å². The van der Waals surface area contributed by atoms with Gasteiger partial charge in [0.15, 0.2) is 0 Å². The number of hydrogen-bond donors (Lipinski definition) is 0. The average Bonchev–Trinajstić information content (AvgIpc) is 2.62. The largest absolute Gasteiger partial charge is 0.444 e. The van der Waals surface area contributed by atoms with E-state index in [1.54, 1.807) is 27.8 Å². The van der Waals surface area contributed by atoms with E-state index < -0.39 is 11.7 Å². The van der Waals surface area contributed by atoms with Gasteiger partial charge in [0.2, 0.25) is 6.29 Å². The molecule has 0 atom stereocenters. The lowest BCUT2D eigenvalue weighted by molar-refractivity contribution is 0.0283. The van der Waals surface area contributed by atoms with Gasteiger partial charge in [0.25, 0.3) is 5.89 Å². The van der Waals surface area contributed by atoms with Crippen LogP contribution >= 0.6 is 0 Å². The van der Waals surface area contributed by atoms with Crippen molar-refractivity contribution in [3.05, 3.63) is 17.8 Å². The zero-order chi connectivity index (χ0) is 13.1. The van der Waals surface area contributed by atoms with Gasteiger partial charge in [0.1, 0.15) is 11.9 Å². The molecule has 6 heteroatoms. The average molecular weight is 240 g/mol. The second-order valence-electron chi connectivity index (χ2n) is 4.63. The standard InChI is InChI=1S/C11H16N2O4/c1-11(2,3)17-10(15)13(4)5-8-7-16-9(6-14)12-8/h6-7H,5H2,1-4H3. The molecule has 94 valence electrons. The molecule has 0 spiro atoms. The van der Waals surface area contributed by atoms with Crippen molar-refractivity contribution in [2.75, 3.05) is 7.05 Å². The van der Waals surface area contributed by atoms with Crippen molar-refractivity contribution in [2.45, 2.75) is 32.9 Å². The van der Waals surface area contributed by atoms with E-state index in [1.165, 1.54) is 11.2 Å². The van der Waals surface area contributed by atoms with E-state index in [4.69, 9.17) is 9.15 Å². The molecule has 6 nitrogen and oxygen atoms in total. The van der Waals surface area contributed by atoms with E-state index in [1.807, 2.05) is 0 Å². The number of nitrogens with zero attached hydrogens (tertiary/aromatic N) is 2. The van der Waals surface area contributed by atoms with Crippen molar-refractivity contribution in [2.24, 2.45) is 0 Å². The second-order valence-corrected chi connectivity index (χ2v) is 4.63. The van der Waals surface area contributed by atoms with Gasteiger partial charge in [-0.05, 0) is 20.8 Å². The molecule has 0 N–H and O–H groups in total. The van der Waals surface area contributed by atoms with Crippen LogP contribution < -0.4 is 0 Å². The highest BCUT2D eigenvalue weighted by Gasteiger charge is 2.20. The van der Waals surface area contributed by atoms with E-state index in [0.717, 1.165) is 0 Å². The number of hydrogen-bond acceptors (Lipinski definition) is 5. The Morgan fingerprint density at radius 2 is 2.24 bits per heavy atom. The number of oxazole rings is 1. The summed E-state index contributed by atoms with van der Waals surface area (Å²) in [7, 11) is 1.59. The number of rotatable bonds is 3. The zero-order valence-electron chi connectivity index (χ0n) is 10.4. The van der Waals surface area contributed by atoms with Crippen LogP contribution in [0.15, 0.2) is 10.7 Å². The van der Waals surface area contributed by atoms with Gasteiger partial charge in [-0.3, -0.25) is 4.79 Å². The smallest absolute Gasteiger partial charge is 0.410 e. The molecule has 0 aromatic carbocycles. The molecule has 0 saturated heterocycles. The van der Waals surface area contributed by atoms with Gasteiger partial charge in [-0.25, -0.2) is 9.78 Å². The number of amides is 1. The van der Waals surface area contributed by atoms with Crippen LogP contribution in [0.1, 0.15) is 37.2 Å². The first-order valence-electron chi connectivity index (χ1n) is 5.15. The van der Waals surface area contributed by atoms with Crippen LogP contribution in [0, 0.1) is 0 Å². The second kappa shape index (κ2) is 4.99. The van der Waals surface area contributed by atoms with E-state index >= 15 is 0 Å². The topological polar surface area (TPSA) is 72.6 Å². The Morgan fingerprint density at radius 1 is 1.59 bits per heavy atom. The summed E-state index contributed by atoms with van der Waals surface area (Å²) in [6.07, 6.45) is 1.40. The summed E-state index contributed by atoms with van der Waals surface area (Å²) in [6.45, 7) is 5.60. The van der Waals surface area contributed by atoms with Crippen LogP contribution in [0.2, 0.25) is 0 Å². The monoisotopic (exact) mass is 240 g/mol. The fourth-order valence-electron chi connectivity index (χ4n) is 1.10. The lowest BCUT2D eigenvalue weighted by Gasteiger charge is -2.24. The number of ether oxygens (including phenoxy) is 1. The molecule has 0 aliphatic heterocycles. The Hall–Kier alpha value is -1.85. The molecule has 1 rings (SSSR count). The van der Waals surface area contributed by atoms with E-state index in [2.05, 4.69) is 4.98 Å². The molecule has 1 aromatic rings. The van der Waals surface area contributed by atoms with Crippen LogP contribution in [0.3, 0.4) is 0 Å². The minimum Gasteiger partial charge on any atom is -0.444 e. The van der Waals surface area contributed by atoms with E-state index in [-0.39, 0.29) is 12.4 Å². The van der Waals surface area contributed by atoms with Crippen LogP contribution in [0.25, 0.3) is 0 Å². The maximum Gasteiger partial charge on any atom is 0.410 e. The van der Waals surface area contributed by atoms with Gasteiger partial charge in [-0.15, -0.1) is 0 Å². The van der Waals surface area contributed by atoms with Crippen molar-refractivity contribution in [1.29, 1.82) is 0 Å². The number of aromatic nitrogens is 1. The summed E-state index contributed by atoms with van der Waals surface area (Å²) in [4.78, 5) is 27.2. The Morgan fingerprint density at radius 3 is 2.71 bits per heavy atom. The third kappa shape index (κ3) is 4.26. The van der Waals surface area contributed by atoms with Crippen LogP contribution in [-0.2, 0) is 11.3 Å². The number of aldehydes is 1. The first-order chi connectivity index (χ1) is 7.81. The highest BCUT2D eigenvalue weighted by Crippen LogP contribution is 2.11. The van der Waals surface area contributed by atoms with Gasteiger partial charge in [0.05, 0.1) is 12.2 Å². The maximum atomic E-state index is 11.6. The number of carbonyl (C=O) groups excluding carboxylic acids is 2.